The van der Waals surface area contributed by atoms with Gasteiger partial charge in [-0.15, -0.1) is 11.3 Å². The summed E-state index contributed by atoms with van der Waals surface area (Å²) in [7, 11) is 0. The first-order valence-electron chi connectivity index (χ1n) is 24.4. The average molecular weight is 967 g/mol. The summed E-state index contributed by atoms with van der Waals surface area (Å²) in [6.07, 6.45) is 2.26. The average Bonchev–Trinajstić information content (AvgIpc) is 3.99. The van der Waals surface area contributed by atoms with Crippen LogP contribution in [0.25, 0.3) is 0 Å². The molecule has 17 heteroatoms. The summed E-state index contributed by atoms with van der Waals surface area (Å²) in [4.78, 5) is 101. The number of carbonyl (C=O) groups excluding carboxylic acids is 6. The molecule has 2 saturated heterocycles. The Morgan fingerprint density at radius 1 is 0.826 bits per heavy atom. The molecule has 0 radical (unpaired) electrons. The van der Waals surface area contributed by atoms with E-state index in [1.165, 1.54) is 16.9 Å². The number of amides is 6. The molecule has 3 aliphatic rings. The summed E-state index contributed by atoms with van der Waals surface area (Å²) in [6.45, 7) is 22.3. The fourth-order valence-electron chi connectivity index (χ4n) is 9.39. The number of hydrogen-bond donors (Lipinski definition) is 5. The molecule has 16 nitrogen and oxygen atoms in total. The summed E-state index contributed by atoms with van der Waals surface area (Å²) >= 11 is 1.35. The molecule has 3 aliphatic heterocycles. The van der Waals surface area contributed by atoms with Crippen LogP contribution in [0, 0.1) is 22.7 Å². The highest BCUT2D eigenvalue weighted by Gasteiger charge is 2.44. The number of carbonyl (C=O) groups is 6. The van der Waals surface area contributed by atoms with Crippen molar-refractivity contribution in [3.63, 3.8) is 0 Å². The number of nitrogens with one attached hydrogen (secondary N) is 5. The molecule has 6 amide bonds. The lowest BCUT2D eigenvalue weighted by Crippen LogP contribution is -2.65. The van der Waals surface area contributed by atoms with Gasteiger partial charge in [0.25, 0.3) is 0 Å². The highest BCUT2D eigenvalue weighted by molar-refractivity contribution is 7.09. The highest BCUT2D eigenvalue weighted by Crippen LogP contribution is 2.29. The molecule has 6 rings (SSSR count). The minimum absolute atomic E-state index is 0.0125. The van der Waals surface area contributed by atoms with Crippen LogP contribution in [0.1, 0.15) is 110 Å². The first-order chi connectivity index (χ1) is 32.6. The number of rotatable bonds is 13. The second-order valence-corrected chi connectivity index (χ2v) is 22.4. The molecule has 0 unspecified atom stereocenters. The topological polar surface area (TPSA) is 198 Å². The standard InChI is InChI=1S/C52H74N10O6S/c1-32(2)40-46(65)59-43(51(5,6)7)45(54-30-39(64)62-23-21-33(3)42(62)48(67)56-40)58-44(52(8,9)10)49(68)57-41(34(4)36-19-15-12-16-20-36)47(66)55-37(50-53-22-28-69-50)29-38(63)61-26-24-60(25-27-61)31-35-17-13-11-14-18-35/h11-20,22,28,32-34,37,40-44H,21,23-27,29-31H2,1-10H3,(H,54,58)(H,55,66)(H,56,67)(H,57,68)(H,59,65)/t33-,34+,37-,40+,41+,42+,43-,44-/m1/s1. The number of aromatic nitrogens is 1. The first kappa shape index (κ1) is 52.7. The zero-order valence-corrected chi connectivity index (χ0v) is 42.9. The molecule has 5 N–H and O–H groups in total. The summed E-state index contributed by atoms with van der Waals surface area (Å²) in [6, 6.07) is 14.3. The predicted molar refractivity (Wildman–Crippen MR) is 269 cm³/mol. The van der Waals surface area contributed by atoms with E-state index in [0.717, 1.165) is 25.2 Å². The van der Waals surface area contributed by atoms with Crippen LogP contribution in [0.3, 0.4) is 0 Å². The van der Waals surface area contributed by atoms with Crippen molar-refractivity contribution in [1.29, 1.82) is 0 Å². The van der Waals surface area contributed by atoms with Crippen molar-refractivity contribution in [3.8, 4) is 0 Å². The molecular formula is C52H74N10O6S. The minimum atomic E-state index is -1.12. The molecule has 2 fully saturated rings. The third kappa shape index (κ3) is 13.6. The van der Waals surface area contributed by atoms with Crippen molar-refractivity contribution in [3.05, 3.63) is 88.4 Å². The maximum absolute atomic E-state index is 15.1. The zero-order valence-electron chi connectivity index (χ0n) is 42.1. The van der Waals surface area contributed by atoms with Crippen LogP contribution in [0.4, 0.5) is 0 Å². The lowest BCUT2D eigenvalue weighted by Gasteiger charge is -2.39. The van der Waals surface area contributed by atoms with Gasteiger partial charge in [0.05, 0.1) is 18.5 Å². The Hall–Kier alpha value is -5.68. The van der Waals surface area contributed by atoms with Crippen molar-refractivity contribution < 1.29 is 28.8 Å². The molecule has 4 heterocycles. The molecule has 0 bridgehead atoms. The molecule has 3 aromatic rings. The SMILES string of the molecule is CC(C)[C@@H]1NC(=O)[C@@H]2[C@H](C)CCN2C(=O)CN=C(N[C@H](C(=O)N[C@H](C(=O)N[C@H](CC(=O)N2CCN(Cc3ccccc3)CC2)c2nccs2)[C@@H](C)c2ccccc2)C(C)(C)C)[C@H](C(C)(C)C)NC1=O. The van der Waals surface area contributed by atoms with Gasteiger partial charge in [-0.25, -0.2) is 4.98 Å². The van der Waals surface area contributed by atoms with Crippen LogP contribution < -0.4 is 26.6 Å². The molecule has 0 spiro atoms. The number of thiazole rings is 1. The van der Waals surface area contributed by atoms with Gasteiger partial charge in [0, 0.05) is 56.8 Å². The Balaban J connectivity index is 1.27. The van der Waals surface area contributed by atoms with Crippen molar-refractivity contribution >= 4 is 52.6 Å². The van der Waals surface area contributed by atoms with E-state index in [9.17, 15) is 24.0 Å². The van der Waals surface area contributed by atoms with E-state index in [4.69, 9.17) is 4.99 Å². The molecular weight excluding hydrogens is 893 g/mol. The maximum Gasteiger partial charge on any atom is 0.244 e. The van der Waals surface area contributed by atoms with Crippen molar-refractivity contribution in [2.24, 2.45) is 27.7 Å². The van der Waals surface area contributed by atoms with Crippen molar-refractivity contribution in [2.75, 3.05) is 39.3 Å². The van der Waals surface area contributed by atoms with Gasteiger partial charge in [0.2, 0.25) is 35.4 Å². The molecule has 374 valence electrons. The number of piperazine rings is 1. The van der Waals surface area contributed by atoms with Crippen LogP contribution in [-0.4, -0.2) is 130 Å². The molecule has 0 aliphatic carbocycles. The highest BCUT2D eigenvalue weighted by atomic mass is 32.1. The Kier molecular flexibility index (Phi) is 17.4. The zero-order chi connectivity index (χ0) is 50.2. The maximum atomic E-state index is 15.1. The van der Waals surface area contributed by atoms with Crippen LogP contribution in [0.2, 0.25) is 0 Å². The largest absolute Gasteiger partial charge is 0.360 e. The second-order valence-electron chi connectivity index (χ2n) is 21.4. The Labute approximate surface area is 412 Å². The third-order valence-corrected chi connectivity index (χ3v) is 14.5. The monoisotopic (exact) mass is 967 g/mol. The van der Waals surface area contributed by atoms with Gasteiger partial charge in [0.1, 0.15) is 41.6 Å². The molecule has 8 atom stereocenters. The van der Waals surface area contributed by atoms with E-state index in [0.29, 0.717) is 31.1 Å². The van der Waals surface area contributed by atoms with Gasteiger partial charge in [-0.3, -0.25) is 38.7 Å². The fraction of sp³-hybridized carbons (Fsp3) is 0.577. The number of aliphatic imine (C=N–C) groups is 1. The lowest BCUT2D eigenvalue weighted by molar-refractivity contribution is -0.140. The van der Waals surface area contributed by atoms with Gasteiger partial charge >= 0.3 is 0 Å². The van der Waals surface area contributed by atoms with Gasteiger partial charge in [-0.05, 0) is 40.2 Å². The van der Waals surface area contributed by atoms with Gasteiger partial charge < -0.3 is 36.4 Å². The quantitative estimate of drug-likeness (QED) is 0.162. The Morgan fingerprint density at radius 2 is 1.48 bits per heavy atom. The predicted octanol–water partition coefficient (Wildman–Crippen LogP) is 4.65. The number of fused-ring (bicyclic) bond motifs is 1. The van der Waals surface area contributed by atoms with Gasteiger partial charge in [-0.1, -0.05) is 130 Å². The number of benzene rings is 2. The van der Waals surface area contributed by atoms with Crippen LogP contribution in [0.15, 0.2) is 77.2 Å². The third-order valence-electron chi connectivity index (χ3n) is 13.6. The van der Waals surface area contributed by atoms with Gasteiger partial charge in [0.15, 0.2) is 0 Å². The van der Waals surface area contributed by atoms with E-state index >= 15 is 4.79 Å². The summed E-state index contributed by atoms with van der Waals surface area (Å²) in [5.41, 5.74) is 0.518. The first-order valence-corrected chi connectivity index (χ1v) is 25.3. The van der Waals surface area contributed by atoms with E-state index in [-0.39, 0.29) is 48.4 Å². The molecule has 2 aromatic carbocycles. The number of nitrogens with zero attached hydrogens (tertiary/aromatic N) is 5. The summed E-state index contributed by atoms with van der Waals surface area (Å²) in [5.74, 6) is -2.96. The smallest absolute Gasteiger partial charge is 0.244 e. The number of hydrogen-bond acceptors (Lipinski definition) is 11. The fourth-order valence-corrected chi connectivity index (χ4v) is 10.1. The summed E-state index contributed by atoms with van der Waals surface area (Å²) in [5, 5.41) is 18.1. The van der Waals surface area contributed by atoms with E-state index in [2.05, 4.69) is 48.6 Å². The van der Waals surface area contributed by atoms with Crippen LogP contribution in [0.5, 0.6) is 0 Å². The lowest BCUT2D eigenvalue weighted by atomic mass is 9.82. The molecule has 69 heavy (non-hydrogen) atoms. The van der Waals surface area contributed by atoms with Crippen LogP contribution >= 0.6 is 11.3 Å². The molecule has 0 saturated carbocycles. The van der Waals surface area contributed by atoms with Crippen molar-refractivity contribution in [2.45, 2.75) is 131 Å². The molecule has 1 aromatic heterocycles. The summed E-state index contributed by atoms with van der Waals surface area (Å²) < 4.78 is 0. The second kappa shape index (κ2) is 22.8. The van der Waals surface area contributed by atoms with Crippen LogP contribution in [-0.2, 0) is 35.3 Å². The minimum Gasteiger partial charge on any atom is -0.360 e. The van der Waals surface area contributed by atoms with Crippen molar-refractivity contribution in [1.82, 2.24) is 46.3 Å². The van der Waals surface area contributed by atoms with E-state index in [1.54, 1.807) is 11.1 Å². The van der Waals surface area contributed by atoms with E-state index in [1.807, 2.05) is 128 Å². The Bertz CT molecular complexity index is 2270. The van der Waals surface area contributed by atoms with Gasteiger partial charge in [-0.2, -0.15) is 0 Å². The normalized spacial score (nSPS) is 22.7. The Morgan fingerprint density at radius 3 is 2.07 bits per heavy atom. The number of amidine groups is 1. The van der Waals surface area contributed by atoms with E-state index < -0.39 is 70.7 Å².